The average molecular weight is 503 g/mol. The van der Waals surface area contributed by atoms with Gasteiger partial charge in [0.25, 0.3) is 5.91 Å². The molecule has 2 aromatic carbocycles. The Bertz CT molecular complexity index is 1440. The summed E-state index contributed by atoms with van der Waals surface area (Å²) in [6.07, 6.45) is 3.22. The number of hydrogen-bond donors (Lipinski definition) is 2. The number of hydrogen-bond acceptors (Lipinski definition) is 7. The Morgan fingerprint density at radius 1 is 1.17 bits per heavy atom. The van der Waals surface area contributed by atoms with Gasteiger partial charge in [-0.3, -0.25) is 9.78 Å². The fourth-order valence-electron chi connectivity index (χ4n) is 4.06. The van der Waals surface area contributed by atoms with Crippen LogP contribution in [0.3, 0.4) is 0 Å². The summed E-state index contributed by atoms with van der Waals surface area (Å²) in [5.74, 6) is 0.899. The topological polar surface area (TPSA) is 94.0 Å². The van der Waals surface area contributed by atoms with Crippen molar-refractivity contribution in [1.29, 1.82) is 0 Å². The molecule has 182 valence electrons. The maximum absolute atomic E-state index is 14.1. The number of para-hydroxylation sites is 1. The lowest BCUT2D eigenvalue weighted by molar-refractivity contribution is -0.113. The van der Waals surface area contributed by atoms with Gasteiger partial charge in [-0.1, -0.05) is 48.2 Å². The lowest BCUT2D eigenvalue weighted by Crippen LogP contribution is -2.31. The fraction of sp³-hybridized carbons (Fsp3) is 0.154. The summed E-state index contributed by atoms with van der Waals surface area (Å²) in [6.45, 7) is 1.82. The van der Waals surface area contributed by atoms with E-state index in [2.05, 4.69) is 20.6 Å². The Morgan fingerprint density at radius 3 is 2.75 bits per heavy atom. The number of nitrogens with zero attached hydrogens (tertiary/aromatic N) is 4. The number of allylic oxidation sites excluding steroid dienone is 1. The second kappa shape index (κ2) is 10.2. The van der Waals surface area contributed by atoms with Crippen molar-refractivity contribution in [2.75, 3.05) is 17.7 Å². The van der Waals surface area contributed by atoms with Crippen LogP contribution in [0.25, 0.3) is 0 Å². The molecule has 36 heavy (non-hydrogen) atoms. The molecule has 10 heteroatoms. The van der Waals surface area contributed by atoms with Crippen LogP contribution in [-0.2, 0) is 10.5 Å². The lowest BCUT2D eigenvalue weighted by Gasteiger charge is -2.29. The fourth-order valence-corrected chi connectivity index (χ4v) is 4.87. The Balaban J connectivity index is 1.53. The van der Waals surface area contributed by atoms with E-state index in [9.17, 15) is 9.18 Å². The van der Waals surface area contributed by atoms with E-state index >= 15 is 0 Å². The minimum absolute atomic E-state index is 0.272. The summed E-state index contributed by atoms with van der Waals surface area (Å²) >= 11 is 1.32. The minimum atomic E-state index is -0.607. The van der Waals surface area contributed by atoms with Gasteiger partial charge in [-0.05, 0) is 36.8 Å². The number of halogens is 1. The number of rotatable bonds is 7. The number of amides is 1. The summed E-state index contributed by atoms with van der Waals surface area (Å²) < 4.78 is 21.4. The van der Waals surface area contributed by atoms with E-state index in [-0.39, 0.29) is 11.7 Å². The molecule has 1 atom stereocenters. The predicted molar refractivity (Wildman–Crippen MR) is 136 cm³/mol. The number of aromatic nitrogens is 4. The third-order valence-electron chi connectivity index (χ3n) is 5.75. The first kappa shape index (κ1) is 23.6. The number of carbonyl (C=O) groups excluding carboxylic acids is 1. The highest BCUT2D eigenvalue weighted by Crippen LogP contribution is 2.40. The van der Waals surface area contributed by atoms with Crippen molar-refractivity contribution < 1.29 is 13.9 Å². The number of ether oxygens (including phenoxy) is 1. The molecule has 0 bridgehead atoms. The maximum Gasteiger partial charge on any atom is 0.255 e. The number of anilines is 2. The minimum Gasteiger partial charge on any atom is -0.496 e. The van der Waals surface area contributed by atoms with Gasteiger partial charge >= 0.3 is 0 Å². The molecule has 0 spiro atoms. The van der Waals surface area contributed by atoms with Gasteiger partial charge in [0.1, 0.15) is 17.6 Å². The number of carbonyl (C=O) groups is 1. The van der Waals surface area contributed by atoms with E-state index in [1.165, 1.54) is 17.8 Å². The molecule has 0 aliphatic carbocycles. The van der Waals surface area contributed by atoms with Gasteiger partial charge in [0.05, 0.1) is 24.6 Å². The second-order valence-corrected chi connectivity index (χ2v) is 8.99. The van der Waals surface area contributed by atoms with Crippen LogP contribution in [-0.4, -0.2) is 32.8 Å². The van der Waals surface area contributed by atoms with Gasteiger partial charge in [0, 0.05) is 23.2 Å². The summed E-state index contributed by atoms with van der Waals surface area (Å²) in [5.41, 5.74) is 3.00. The van der Waals surface area contributed by atoms with Crippen LogP contribution in [0.15, 0.2) is 89.5 Å². The maximum atomic E-state index is 14.1. The number of pyridine rings is 1. The van der Waals surface area contributed by atoms with Crippen LogP contribution in [0.2, 0.25) is 0 Å². The number of thioether (sulfide) groups is 1. The van der Waals surface area contributed by atoms with Gasteiger partial charge in [-0.25, -0.2) is 9.07 Å². The molecule has 1 aliphatic heterocycles. The van der Waals surface area contributed by atoms with Crippen molar-refractivity contribution in [1.82, 2.24) is 19.7 Å². The average Bonchev–Trinajstić information content (AvgIpc) is 3.30. The molecule has 4 aromatic rings. The zero-order chi connectivity index (χ0) is 25.1. The molecule has 2 N–H and O–H groups in total. The van der Waals surface area contributed by atoms with E-state index in [1.807, 2.05) is 31.2 Å². The quantitative estimate of drug-likeness (QED) is 0.342. The van der Waals surface area contributed by atoms with Crippen molar-refractivity contribution in [3.8, 4) is 5.75 Å². The largest absolute Gasteiger partial charge is 0.496 e. The van der Waals surface area contributed by atoms with E-state index in [4.69, 9.17) is 9.84 Å². The van der Waals surface area contributed by atoms with Crippen molar-refractivity contribution in [3.05, 3.63) is 101 Å². The molecule has 0 saturated heterocycles. The molecule has 0 saturated carbocycles. The molecule has 0 radical (unpaired) electrons. The molecule has 3 heterocycles. The van der Waals surface area contributed by atoms with Gasteiger partial charge in [0.15, 0.2) is 0 Å². The zero-order valence-electron chi connectivity index (χ0n) is 19.6. The lowest BCUT2D eigenvalue weighted by atomic mass is 9.94. The van der Waals surface area contributed by atoms with Crippen LogP contribution >= 0.6 is 11.8 Å². The Kier molecular flexibility index (Phi) is 6.68. The van der Waals surface area contributed by atoms with E-state index in [0.717, 1.165) is 5.56 Å². The molecule has 5 rings (SSSR count). The second-order valence-electron chi connectivity index (χ2n) is 8.05. The third-order valence-corrected chi connectivity index (χ3v) is 6.63. The first-order valence-corrected chi connectivity index (χ1v) is 12.2. The summed E-state index contributed by atoms with van der Waals surface area (Å²) in [6, 6.07) is 17.0. The van der Waals surface area contributed by atoms with Gasteiger partial charge < -0.3 is 15.4 Å². The highest BCUT2D eigenvalue weighted by Gasteiger charge is 2.36. The highest BCUT2D eigenvalue weighted by atomic mass is 32.2. The molecular weight excluding hydrogens is 479 g/mol. The van der Waals surface area contributed by atoms with Crippen LogP contribution in [0.4, 0.5) is 16.0 Å². The predicted octanol–water partition coefficient (Wildman–Crippen LogP) is 5.04. The van der Waals surface area contributed by atoms with E-state index in [1.54, 1.807) is 54.5 Å². The molecule has 8 nitrogen and oxygen atoms in total. The first-order valence-electron chi connectivity index (χ1n) is 11.2. The first-order chi connectivity index (χ1) is 17.5. The Morgan fingerprint density at radius 2 is 1.97 bits per heavy atom. The standard InChI is InChI=1S/C26H23FN6O2S/c1-16-22(24(34)30-18-9-7-13-28-14-18)23(19-10-4-6-12-21(19)35-2)33-25(29-16)31-26(32-33)36-15-17-8-3-5-11-20(17)27/h3-14,23H,15H2,1-2H3,(H,30,34)(H,29,31,32)/t23-/m1/s1. The van der Waals surface area contributed by atoms with Gasteiger partial charge in [-0.2, -0.15) is 4.98 Å². The monoisotopic (exact) mass is 502 g/mol. The SMILES string of the molecule is COc1ccccc1[C@@H]1C(C(=O)Nc2cccnc2)=C(C)Nc2nc(SCc3ccccc3F)nn21. The normalized spacial score (nSPS) is 14.7. The Labute approximate surface area is 211 Å². The van der Waals surface area contributed by atoms with Gasteiger partial charge in [0.2, 0.25) is 11.1 Å². The van der Waals surface area contributed by atoms with Gasteiger partial charge in [-0.15, -0.1) is 5.10 Å². The summed E-state index contributed by atoms with van der Waals surface area (Å²) in [5, 5.41) is 11.3. The number of benzene rings is 2. The van der Waals surface area contributed by atoms with E-state index in [0.29, 0.717) is 45.1 Å². The summed E-state index contributed by atoms with van der Waals surface area (Å²) in [7, 11) is 1.59. The number of nitrogens with one attached hydrogen (secondary N) is 2. The van der Waals surface area contributed by atoms with Crippen LogP contribution < -0.4 is 15.4 Å². The molecule has 1 aliphatic rings. The highest BCUT2D eigenvalue weighted by molar-refractivity contribution is 7.98. The van der Waals surface area contributed by atoms with Crippen LogP contribution in [0.1, 0.15) is 24.1 Å². The molecule has 1 amide bonds. The van der Waals surface area contributed by atoms with Crippen LogP contribution in [0.5, 0.6) is 5.75 Å². The van der Waals surface area contributed by atoms with Crippen molar-refractivity contribution in [3.63, 3.8) is 0 Å². The number of fused-ring (bicyclic) bond motifs is 1. The van der Waals surface area contributed by atoms with E-state index < -0.39 is 6.04 Å². The molecule has 0 fully saturated rings. The zero-order valence-corrected chi connectivity index (χ0v) is 20.4. The molecular formula is C26H23FN6O2S. The van der Waals surface area contributed by atoms with Crippen molar-refractivity contribution >= 4 is 29.3 Å². The number of methoxy groups -OCH3 is 1. The Hall–Kier alpha value is -4.18. The third kappa shape index (κ3) is 4.67. The molecule has 0 unspecified atom stereocenters. The smallest absolute Gasteiger partial charge is 0.255 e. The van der Waals surface area contributed by atoms with Crippen LogP contribution in [0, 0.1) is 5.82 Å². The summed E-state index contributed by atoms with van der Waals surface area (Å²) in [4.78, 5) is 22.2. The molecule has 2 aromatic heterocycles. The van der Waals surface area contributed by atoms with Crippen molar-refractivity contribution in [2.45, 2.75) is 23.9 Å². The van der Waals surface area contributed by atoms with Crippen molar-refractivity contribution in [2.24, 2.45) is 0 Å².